The van der Waals surface area contributed by atoms with Crippen LogP contribution in [0.5, 0.6) is 0 Å². The van der Waals surface area contributed by atoms with Crippen LogP contribution in [-0.4, -0.2) is 23.0 Å². The SMILES string of the molecule is CC(C)N(C(C)C)C1Cc2ccc(Br)cc2C1. The predicted molar refractivity (Wildman–Crippen MR) is 77.4 cm³/mol. The van der Waals surface area contributed by atoms with Crippen LogP contribution >= 0.6 is 15.9 Å². The van der Waals surface area contributed by atoms with Crippen molar-refractivity contribution < 1.29 is 0 Å². The number of fused-ring (bicyclic) bond motifs is 1. The minimum absolute atomic E-state index is 0.623. The van der Waals surface area contributed by atoms with Crippen LogP contribution in [0.4, 0.5) is 0 Å². The molecule has 0 radical (unpaired) electrons. The topological polar surface area (TPSA) is 3.24 Å². The first-order valence-electron chi connectivity index (χ1n) is 6.53. The lowest BCUT2D eigenvalue weighted by molar-refractivity contribution is 0.117. The van der Waals surface area contributed by atoms with Gasteiger partial charge in [0.15, 0.2) is 0 Å². The first-order chi connectivity index (χ1) is 7.99. The molecule has 1 unspecified atom stereocenters. The maximum atomic E-state index is 3.57. The van der Waals surface area contributed by atoms with Gasteiger partial charge in [-0.3, -0.25) is 4.90 Å². The Kier molecular flexibility index (Phi) is 3.94. The van der Waals surface area contributed by atoms with Crippen molar-refractivity contribution in [2.75, 3.05) is 0 Å². The molecule has 0 fully saturated rings. The number of hydrogen-bond acceptors (Lipinski definition) is 1. The van der Waals surface area contributed by atoms with Gasteiger partial charge >= 0.3 is 0 Å². The molecule has 2 rings (SSSR count). The van der Waals surface area contributed by atoms with Crippen molar-refractivity contribution in [3.8, 4) is 0 Å². The maximum Gasteiger partial charge on any atom is 0.0182 e. The second-order valence-corrected chi connectivity index (χ2v) is 6.53. The highest BCUT2D eigenvalue weighted by molar-refractivity contribution is 9.10. The smallest absolute Gasteiger partial charge is 0.0182 e. The molecule has 2 heteroatoms. The fraction of sp³-hybridized carbons (Fsp3) is 0.600. The summed E-state index contributed by atoms with van der Waals surface area (Å²) in [5.74, 6) is 0. The molecule has 0 aromatic heterocycles. The molecule has 0 N–H and O–H groups in total. The molecule has 1 atom stereocenters. The summed E-state index contributed by atoms with van der Waals surface area (Å²) in [6.45, 7) is 9.22. The van der Waals surface area contributed by atoms with E-state index >= 15 is 0 Å². The van der Waals surface area contributed by atoms with E-state index < -0.39 is 0 Å². The number of hydrogen-bond donors (Lipinski definition) is 0. The number of rotatable bonds is 3. The molecule has 0 saturated carbocycles. The predicted octanol–water partition coefficient (Wildman–Crippen LogP) is 4.04. The number of nitrogens with zero attached hydrogens (tertiary/aromatic N) is 1. The molecule has 0 heterocycles. The summed E-state index contributed by atoms with van der Waals surface area (Å²) in [7, 11) is 0. The number of halogens is 1. The monoisotopic (exact) mass is 295 g/mol. The van der Waals surface area contributed by atoms with Crippen molar-refractivity contribution in [3.63, 3.8) is 0 Å². The fourth-order valence-corrected chi connectivity index (χ4v) is 3.62. The van der Waals surface area contributed by atoms with Gasteiger partial charge in [0, 0.05) is 22.6 Å². The minimum atomic E-state index is 0.623. The first kappa shape index (κ1) is 13.1. The third kappa shape index (κ3) is 2.74. The van der Waals surface area contributed by atoms with Crippen molar-refractivity contribution in [3.05, 3.63) is 33.8 Å². The van der Waals surface area contributed by atoms with Gasteiger partial charge in [-0.15, -0.1) is 0 Å². The Hall–Kier alpha value is -0.340. The van der Waals surface area contributed by atoms with Gasteiger partial charge in [-0.25, -0.2) is 0 Å². The van der Waals surface area contributed by atoms with E-state index in [4.69, 9.17) is 0 Å². The molecule has 1 nitrogen and oxygen atoms in total. The Balaban J connectivity index is 2.18. The summed E-state index contributed by atoms with van der Waals surface area (Å²) < 4.78 is 1.21. The molecule has 94 valence electrons. The lowest BCUT2D eigenvalue weighted by Crippen LogP contribution is -2.45. The Morgan fingerprint density at radius 3 is 2.24 bits per heavy atom. The van der Waals surface area contributed by atoms with Crippen molar-refractivity contribution in [1.82, 2.24) is 4.90 Å². The van der Waals surface area contributed by atoms with Crippen LogP contribution in [0.15, 0.2) is 22.7 Å². The highest BCUT2D eigenvalue weighted by Gasteiger charge is 2.29. The highest BCUT2D eigenvalue weighted by atomic mass is 79.9. The van der Waals surface area contributed by atoms with Gasteiger partial charge in [-0.2, -0.15) is 0 Å². The maximum absolute atomic E-state index is 3.57. The molecule has 1 aromatic rings. The van der Waals surface area contributed by atoms with Crippen molar-refractivity contribution >= 4 is 15.9 Å². The Bertz CT molecular complexity index is 390. The summed E-state index contributed by atoms with van der Waals surface area (Å²) in [5, 5.41) is 0. The second kappa shape index (κ2) is 5.11. The third-order valence-electron chi connectivity index (χ3n) is 3.69. The lowest BCUT2D eigenvalue weighted by Gasteiger charge is -2.36. The van der Waals surface area contributed by atoms with Gasteiger partial charge in [0.25, 0.3) is 0 Å². The second-order valence-electron chi connectivity index (χ2n) is 5.61. The molecule has 0 bridgehead atoms. The van der Waals surface area contributed by atoms with E-state index in [0.717, 1.165) is 0 Å². The largest absolute Gasteiger partial charge is 0.295 e. The van der Waals surface area contributed by atoms with Gasteiger partial charge in [0.1, 0.15) is 0 Å². The molecule has 0 spiro atoms. The van der Waals surface area contributed by atoms with Crippen molar-refractivity contribution in [2.24, 2.45) is 0 Å². The third-order valence-corrected chi connectivity index (χ3v) is 4.19. The Labute approximate surface area is 113 Å². The number of benzene rings is 1. The van der Waals surface area contributed by atoms with Crippen molar-refractivity contribution in [2.45, 2.75) is 58.7 Å². The van der Waals surface area contributed by atoms with E-state index in [2.05, 4.69) is 66.7 Å². The quantitative estimate of drug-likeness (QED) is 0.814. The Morgan fingerprint density at radius 1 is 1.06 bits per heavy atom. The summed E-state index contributed by atoms with van der Waals surface area (Å²) in [5.41, 5.74) is 3.06. The normalized spacial score (nSPS) is 19.4. The molecule has 1 aliphatic carbocycles. The van der Waals surface area contributed by atoms with Crippen LogP contribution in [0, 0.1) is 0 Å². The van der Waals surface area contributed by atoms with E-state index in [0.29, 0.717) is 18.1 Å². The average Bonchev–Trinajstić information content (AvgIpc) is 2.58. The minimum Gasteiger partial charge on any atom is -0.295 e. The zero-order chi connectivity index (χ0) is 12.6. The van der Waals surface area contributed by atoms with E-state index in [1.165, 1.54) is 28.4 Å². The van der Waals surface area contributed by atoms with Crippen LogP contribution < -0.4 is 0 Å². The van der Waals surface area contributed by atoms with Gasteiger partial charge in [-0.1, -0.05) is 22.0 Å². The van der Waals surface area contributed by atoms with Crippen LogP contribution in [0.2, 0.25) is 0 Å². The van der Waals surface area contributed by atoms with E-state index in [-0.39, 0.29) is 0 Å². The highest BCUT2D eigenvalue weighted by Crippen LogP contribution is 2.30. The molecule has 0 aliphatic heterocycles. The van der Waals surface area contributed by atoms with Gasteiger partial charge in [0.2, 0.25) is 0 Å². The molecule has 17 heavy (non-hydrogen) atoms. The first-order valence-corrected chi connectivity index (χ1v) is 7.33. The fourth-order valence-electron chi connectivity index (χ4n) is 3.21. The van der Waals surface area contributed by atoms with Crippen LogP contribution in [0.3, 0.4) is 0 Å². The van der Waals surface area contributed by atoms with E-state index in [9.17, 15) is 0 Å². The van der Waals surface area contributed by atoms with E-state index in [1.54, 1.807) is 0 Å². The van der Waals surface area contributed by atoms with Gasteiger partial charge in [0.05, 0.1) is 0 Å². The van der Waals surface area contributed by atoms with Crippen LogP contribution in [-0.2, 0) is 12.8 Å². The van der Waals surface area contributed by atoms with Crippen LogP contribution in [0.1, 0.15) is 38.8 Å². The molecule has 0 amide bonds. The molecular formula is C15H22BrN. The lowest BCUT2D eigenvalue weighted by atomic mass is 10.1. The summed E-state index contributed by atoms with van der Waals surface area (Å²) in [6.07, 6.45) is 2.41. The summed E-state index contributed by atoms with van der Waals surface area (Å²) in [4.78, 5) is 2.65. The zero-order valence-corrected chi connectivity index (χ0v) is 12.8. The van der Waals surface area contributed by atoms with Gasteiger partial charge < -0.3 is 0 Å². The average molecular weight is 296 g/mol. The van der Waals surface area contributed by atoms with Crippen molar-refractivity contribution in [1.29, 1.82) is 0 Å². The standard InChI is InChI=1S/C15H22BrN/c1-10(2)17(11(3)4)15-8-12-5-6-14(16)7-13(12)9-15/h5-7,10-11,15H,8-9H2,1-4H3. The molecular weight excluding hydrogens is 274 g/mol. The summed E-state index contributed by atoms with van der Waals surface area (Å²) in [6, 6.07) is 8.65. The molecule has 0 saturated heterocycles. The van der Waals surface area contributed by atoms with E-state index in [1.807, 2.05) is 0 Å². The van der Waals surface area contributed by atoms with Crippen LogP contribution in [0.25, 0.3) is 0 Å². The molecule has 1 aliphatic rings. The summed E-state index contributed by atoms with van der Waals surface area (Å²) >= 11 is 3.57. The zero-order valence-electron chi connectivity index (χ0n) is 11.2. The van der Waals surface area contributed by atoms with Gasteiger partial charge in [-0.05, 0) is 63.8 Å². The molecule has 1 aromatic carbocycles. The Morgan fingerprint density at radius 2 is 1.65 bits per heavy atom.